The van der Waals surface area contributed by atoms with Crippen LogP contribution in [0.2, 0.25) is 0 Å². The Morgan fingerprint density at radius 3 is 2.37 bits per heavy atom. The highest BCUT2D eigenvalue weighted by Crippen LogP contribution is 2.25. The number of aliphatic hydroxyl groups excluding tert-OH is 3. The number of carbonyl (C=O) groups excluding carboxylic acids is 2. The van der Waals surface area contributed by atoms with E-state index in [2.05, 4.69) is 5.32 Å². The summed E-state index contributed by atoms with van der Waals surface area (Å²) in [4.78, 5) is 22.5. The van der Waals surface area contributed by atoms with Gasteiger partial charge in [0, 0.05) is 19.0 Å². The second-order valence-electron chi connectivity index (χ2n) is 6.27. The van der Waals surface area contributed by atoms with Crippen molar-refractivity contribution in [1.29, 1.82) is 0 Å². The predicted molar refractivity (Wildman–Crippen MR) is 93.9 cm³/mol. The highest BCUT2D eigenvalue weighted by Gasteiger charge is 2.45. The van der Waals surface area contributed by atoms with Gasteiger partial charge >= 0.3 is 5.97 Å². The summed E-state index contributed by atoms with van der Waals surface area (Å²) in [6.45, 7) is 2.94. The maximum Gasteiger partial charge on any atom is 0.305 e. The molecule has 0 radical (unpaired) electrons. The molecule has 1 aliphatic rings. The molecular formula is C18H25NO8. The van der Waals surface area contributed by atoms with E-state index in [0.717, 1.165) is 0 Å². The SMILES string of the molecule is CCCC(=O)OCC1O[C@H](Oc2ccc(NC(C)=O)cc2)[C@@H](O)C(O)[C@@H]1O. The zero-order valence-corrected chi connectivity index (χ0v) is 15.2. The molecule has 150 valence electrons. The fraction of sp³-hybridized carbons (Fsp3) is 0.556. The molecule has 0 saturated carbocycles. The van der Waals surface area contributed by atoms with Crippen LogP contribution in [0.3, 0.4) is 0 Å². The monoisotopic (exact) mass is 383 g/mol. The molecule has 9 heteroatoms. The van der Waals surface area contributed by atoms with Crippen LogP contribution >= 0.6 is 0 Å². The number of rotatable bonds is 7. The fourth-order valence-corrected chi connectivity index (χ4v) is 2.56. The summed E-state index contributed by atoms with van der Waals surface area (Å²) in [5.74, 6) is -0.342. The Hall–Kier alpha value is -2.20. The summed E-state index contributed by atoms with van der Waals surface area (Å²) in [6, 6.07) is 6.30. The van der Waals surface area contributed by atoms with Gasteiger partial charge in [-0.05, 0) is 30.7 Å². The van der Waals surface area contributed by atoms with Gasteiger partial charge in [0.2, 0.25) is 12.2 Å². The molecule has 1 heterocycles. The van der Waals surface area contributed by atoms with Gasteiger partial charge in [-0.2, -0.15) is 0 Å². The van der Waals surface area contributed by atoms with Gasteiger partial charge in [-0.25, -0.2) is 0 Å². The molecule has 4 N–H and O–H groups in total. The van der Waals surface area contributed by atoms with E-state index in [9.17, 15) is 24.9 Å². The van der Waals surface area contributed by atoms with Gasteiger partial charge in [-0.15, -0.1) is 0 Å². The smallest absolute Gasteiger partial charge is 0.305 e. The molecular weight excluding hydrogens is 358 g/mol. The van der Waals surface area contributed by atoms with Crippen molar-refractivity contribution in [2.75, 3.05) is 11.9 Å². The van der Waals surface area contributed by atoms with Gasteiger partial charge in [0.25, 0.3) is 0 Å². The normalized spacial score (nSPS) is 27.7. The zero-order chi connectivity index (χ0) is 20.0. The summed E-state index contributed by atoms with van der Waals surface area (Å²) in [5, 5.41) is 32.8. The second kappa shape index (κ2) is 9.65. The van der Waals surface area contributed by atoms with Crippen LogP contribution in [0.5, 0.6) is 5.75 Å². The van der Waals surface area contributed by atoms with E-state index in [1.807, 2.05) is 6.92 Å². The summed E-state index contributed by atoms with van der Waals surface area (Å²) in [5.41, 5.74) is 0.566. The number of anilines is 1. The van der Waals surface area contributed by atoms with Crippen LogP contribution in [0.1, 0.15) is 26.7 Å². The average molecular weight is 383 g/mol. The Bertz CT molecular complexity index is 635. The summed E-state index contributed by atoms with van der Waals surface area (Å²) in [7, 11) is 0. The van der Waals surface area contributed by atoms with Gasteiger partial charge in [-0.1, -0.05) is 6.92 Å². The van der Waals surface area contributed by atoms with Crippen LogP contribution < -0.4 is 10.1 Å². The quantitative estimate of drug-likeness (QED) is 0.490. The number of benzene rings is 1. The number of hydrogen-bond acceptors (Lipinski definition) is 8. The van der Waals surface area contributed by atoms with Crippen molar-refractivity contribution in [2.24, 2.45) is 0 Å². The third-order valence-corrected chi connectivity index (χ3v) is 3.96. The van der Waals surface area contributed by atoms with E-state index >= 15 is 0 Å². The Morgan fingerprint density at radius 2 is 1.78 bits per heavy atom. The van der Waals surface area contributed by atoms with Crippen molar-refractivity contribution in [3.63, 3.8) is 0 Å². The molecule has 0 spiro atoms. The third kappa shape index (κ3) is 5.90. The molecule has 27 heavy (non-hydrogen) atoms. The first-order chi connectivity index (χ1) is 12.8. The minimum atomic E-state index is -1.53. The molecule has 1 aromatic carbocycles. The van der Waals surface area contributed by atoms with Gasteiger partial charge in [0.15, 0.2) is 0 Å². The highest BCUT2D eigenvalue weighted by atomic mass is 16.7. The fourth-order valence-electron chi connectivity index (χ4n) is 2.56. The van der Waals surface area contributed by atoms with E-state index in [1.165, 1.54) is 6.92 Å². The van der Waals surface area contributed by atoms with Crippen LogP contribution in [-0.4, -0.2) is 64.5 Å². The lowest BCUT2D eigenvalue weighted by Crippen LogP contribution is -2.60. The van der Waals surface area contributed by atoms with Crippen molar-refractivity contribution in [1.82, 2.24) is 0 Å². The lowest BCUT2D eigenvalue weighted by molar-refractivity contribution is -0.278. The maximum atomic E-state index is 11.5. The first kappa shape index (κ1) is 21.1. The Labute approximate surface area is 156 Å². The first-order valence-corrected chi connectivity index (χ1v) is 8.71. The van der Waals surface area contributed by atoms with Crippen molar-refractivity contribution < 1.29 is 39.1 Å². The van der Waals surface area contributed by atoms with Gasteiger partial charge in [0.1, 0.15) is 36.8 Å². The van der Waals surface area contributed by atoms with Gasteiger partial charge in [0.05, 0.1) is 0 Å². The minimum Gasteiger partial charge on any atom is -0.463 e. The number of aliphatic hydroxyl groups is 3. The summed E-state index contributed by atoms with van der Waals surface area (Å²) in [6.07, 6.45) is -5.94. The van der Waals surface area contributed by atoms with Crippen LogP contribution in [0.4, 0.5) is 5.69 Å². The molecule has 1 saturated heterocycles. The molecule has 0 aliphatic carbocycles. The van der Waals surface area contributed by atoms with Gasteiger partial charge in [-0.3, -0.25) is 9.59 Å². The van der Waals surface area contributed by atoms with Crippen molar-refractivity contribution in [3.8, 4) is 5.75 Å². The van der Waals surface area contributed by atoms with E-state index < -0.39 is 36.7 Å². The van der Waals surface area contributed by atoms with Crippen LogP contribution in [-0.2, 0) is 19.1 Å². The molecule has 1 amide bonds. The van der Waals surface area contributed by atoms with E-state index in [4.69, 9.17) is 14.2 Å². The lowest BCUT2D eigenvalue weighted by Gasteiger charge is -2.39. The number of nitrogens with one attached hydrogen (secondary N) is 1. The third-order valence-electron chi connectivity index (χ3n) is 3.96. The van der Waals surface area contributed by atoms with E-state index in [0.29, 0.717) is 17.9 Å². The maximum absolute atomic E-state index is 11.5. The lowest BCUT2D eigenvalue weighted by atomic mass is 9.99. The largest absolute Gasteiger partial charge is 0.463 e. The molecule has 1 aliphatic heterocycles. The topological polar surface area (TPSA) is 135 Å². The molecule has 9 nitrogen and oxygen atoms in total. The Morgan fingerprint density at radius 1 is 1.11 bits per heavy atom. The van der Waals surface area contributed by atoms with E-state index in [-0.39, 0.29) is 18.9 Å². The van der Waals surface area contributed by atoms with Crippen molar-refractivity contribution in [2.45, 2.75) is 57.4 Å². The Balaban J connectivity index is 1.99. The van der Waals surface area contributed by atoms with Crippen molar-refractivity contribution in [3.05, 3.63) is 24.3 Å². The molecule has 1 aromatic rings. The number of amides is 1. The number of hydrogen-bond donors (Lipinski definition) is 4. The molecule has 1 fully saturated rings. The number of ether oxygens (including phenoxy) is 3. The standard InChI is InChI=1S/C18H25NO8/c1-3-4-14(21)25-9-13-15(22)16(23)17(24)18(27-13)26-12-7-5-11(6-8-12)19-10(2)20/h5-8,13,15-18,22-24H,3-4,9H2,1-2H3,(H,19,20)/t13?,15-,16?,17+,18+/m1/s1. The average Bonchev–Trinajstić information content (AvgIpc) is 2.62. The zero-order valence-electron chi connectivity index (χ0n) is 15.2. The highest BCUT2D eigenvalue weighted by molar-refractivity contribution is 5.88. The summed E-state index contributed by atoms with van der Waals surface area (Å²) < 4.78 is 16.0. The second-order valence-corrected chi connectivity index (χ2v) is 6.27. The minimum absolute atomic E-state index is 0.215. The first-order valence-electron chi connectivity index (χ1n) is 8.71. The molecule has 0 aromatic heterocycles. The van der Waals surface area contributed by atoms with Crippen LogP contribution in [0.25, 0.3) is 0 Å². The predicted octanol–water partition coefficient (Wildman–Crippen LogP) is 0.175. The summed E-state index contributed by atoms with van der Waals surface area (Å²) >= 11 is 0. The molecule has 2 rings (SSSR count). The van der Waals surface area contributed by atoms with E-state index in [1.54, 1.807) is 24.3 Å². The van der Waals surface area contributed by atoms with Crippen LogP contribution in [0, 0.1) is 0 Å². The Kier molecular flexibility index (Phi) is 7.55. The number of carbonyl (C=O) groups is 2. The molecule has 0 bridgehead atoms. The molecule has 2 unspecified atom stereocenters. The van der Waals surface area contributed by atoms with Crippen LogP contribution in [0.15, 0.2) is 24.3 Å². The van der Waals surface area contributed by atoms with Gasteiger partial charge < -0.3 is 34.8 Å². The molecule has 5 atom stereocenters. The van der Waals surface area contributed by atoms with Crippen molar-refractivity contribution >= 4 is 17.6 Å². The number of esters is 1.